The van der Waals surface area contributed by atoms with E-state index >= 15 is 0 Å². The molecular weight excluding hydrogens is 400 g/mol. The Hall–Kier alpha value is -2.84. The Balaban J connectivity index is 2.09. The molecule has 2 heterocycles. The van der Waals surface area contributed by atoms with Crippen molar-refractivity contribution in [2.24, 2.45) is 0 Å². The van der Waals surface area contributed by atoms with Crippen LogP contribution in [0.3, 0.4) is 0 Å². The highest BCUT2D eigenvalue weighted by molar-refractivity contribution is 6.35. The summed E-state index contributed by atoms with van der Waals surface area (Å²) >= 11 is 12.0. The number of ether oxygens (including phenoxy) is 1. The fraction of sp³-hybridized carbons (Fsp3) is 0.118. The third-order valence-corrected chi connectivity index (χ3v) is 4.21. The number of nitrogens with one attached hydrogen (secondary N) is 1. The van der Waals surface area contributed by atoms with E-state index in [0.29, 0.717) is 5.76 Å². The Kier molecular flexibility index (Phi) is 5.48. The van der Waals surface area contributed by atoms with Crippen LogP contribution < -0.4 is 10.1 Å². The molecule has 0 unspecified atom stereocenters. The fourth-order valence-corrected chi connectivity index (χ4v) is 2.76. The Morgan fingerprint density at radius 1 is 1.33 bits per heavy atom. The van der Waals surface area contributed by atoms with Gasteiger partial charge in [0.15, 0.2) is 23.1 Å². The fourth-order valence-electron chi connectivity index (χ4n) is 2.30. The topological polar surface area (TPSA) is 97.5 Å². The first-order valence-electron chi connectivity index (χ1n) is 7.51. The highest BCUT2D eigenvalue weighted by Gasteiger charge is 2.22. The van der Waals surface area contributed by atoms with Crippen molar-refractivity contribution in [2.45, 2.75) is 6.54 Å². The Morgan fingerprint density at radius 3 is 2.74 bits per heavy atom. The summed E-state index contributed by atoms with van der Waals surface area (Å²) in [4.78, 5) is 19.5. The van der Waals surface area contributed by atoms with Crippen molar-refractivity contribution >= 4 is 35.0 Å². The van der Waals surface area contributed by atoms with Gasteiger partial charge in [-0.15, -0.1) is 0 Å². The minimum Gasteiger partial charge on any atom is -0.492 e. The van der Waals surface area contributed by atoms with Gasteiger partial charge in [-0.3, -0.25) is 0 Å². The van der Waals surface area contributed by atoms with Gasteiger partial charge in [-0.2, -0.15) is 0 Å². The molecule has 3 aromatic rings. The number of nitrogens with zero attached hydrogens (tertiary/aromatic N) is 2. The number of aromatic carboxylic acids is 1. The van der Waals surface area contributed by atoms with Crippen LogP contribution in [0, 0.1) is 5.82 Å². The lowest BCUT2D eigenvalue weighted by molar-refractivity contribution is 0.0690. The standard InChI is InChI=1S/C17H12Cl2FN3O4/c1-26-14-10(18)5-4-9(12(14)20)15-22-13(17(24)25)11(19)16(23-15)21-7-8-3-2-6-27-8/h2-6H,7H2,1H3,(H,24,25)(H,21,22,23). The van der Waals surface area contributed by atoms with E-state index in [0.717, 1.165) is 0 Å². The van der Waals surface area contributed by atoms with Crippen molar-refractivity contribution in [1.82, 2.24) is 9.97 Å². The van der Waals surface area contributed by atoms with Gasteiger partial charge in [0.25, 0.3) is 0 Å². The van der Waals surface area contributed by atoms with E-state index in [-0.39, 0.29) is 39.5 Å². The van der Waals surface area contributed by atoms with Crippen molar-refractivity contribution < 1.29 is 23.4 Å². The molecule has 10 heteroatoms. The molecule has 2 aromatic heterocycles. The second-order valence-corrected chi connectivity index (χ2v) is 6.02. The zero-order valence-electron chi connectivity index (χ0n) is 13.8. The first-order valence-corrected chi connectivity index (χ1v) is 8.27. The summed E-state index contributed by atoms with van der Waals surface area (Å²) in [5, 5.41) is 12.1. The molecule has 2 N–H and O–H groups in total. The van der Waals surface area contributed by atoms with Gasteiger partial charge in [0, 0.05) is 0 Å². The normalized spacial score (nSPS) is 10.7. The zero-order valence-corrected chi connectivity index (χ0v) is 15.3. The number of carboxylic acids is 1. The van der Waals surface area contributed by atoms with Gasteiger partial charge in [-0.05, 0) is 24.3 Å². The smallest absolute Gasteiger partial charge is 0.356 e. The number of furan rings is 1. The largest absolute Gasteiger partial charge is 0.492 e. The van der Waals surface area contributed by atoms with Gasteiger partial charge in [-0.1, -0.05) is 23.2 Å². The molecule has 0 saturated heterocycles. The number of anilines is 1. The van der Waals surface area contributed by atoms with Crippen LogP contribution in [0.1, 0.15) is 16.2 Å². The molecule has 140 valence electrons. The maximum absolute atomic E-state index is 14.7. The molecule has 7 nitrogen and oxygen atoms in total. The van der Waals surface area contributed by atoms with Gasteiger partial charge in [0.05, 0.1) is 30.5 Å². The van der Waals surface area contributed by atoms with Crippen molar-refractivity contribution in [3.05, 3.63) is 57.8 Å². The molecule has 0 spiro atoms. The van der Waals surface area contributed by atoms with Crippen LogP contribution in [-0.4, -0.2) is 28.2 Å². The highest BCUT2D eigenvalue weighted by atomic mass is 35.5. The predicted molar refractivity (Wildman–Crippen MR) is 97.0 cm³/mol. The SMILES string of the molecule is COc1c(Cl)ccc(-c2nc(NCc3ccco3)c(Cl)c(C(=O)O)n2)c1F. The second-order valence-electron chi connectivity index (χ2n) is 5.24. The summed E-state index contributed by atoms with van der Waals surface area (Å²) < 4.78 is 24.8. The van der Waals surface area contributed by atoms with E-state index < -0.39 is 17.5 Å². The molecule has 0 fully saturated rings. The van der Waals surface area contributed by atoms with Gasteiger partial charge in [0.1, 0.15) is 16.6 Å². The Bertz CT molecular complexity index is 996. The number of hydrogen-bond acceptors (Lipinski definition) is 6. The van der Waals surface area contributed by atoms with E-state index in [4.69, 9.17) is 32.4 Å². The summed E-state index contributed by atoms with van der Waals surface area (Å²) in [5.41, 5.74) is -0.562. The number of carbonyl (C=O) groups is 1. The zero-order chi connectivity index (χ0) is 19.6. The van der Waals surface area contributed by atoms with E-state index in [9.17, 15) is 14.3 Å². The van der Waals surface area contributed by atoms with Crippen LogP contribution >= 0.6 is 23.2 Å². The summed E-state index contributed by atoms with van der Waals surface area (Å²) in [5.74, 6) is -2.00. The average Bonchev–Trinajstić information content (AvgIpc) is 3.15. The third kappa shape index (κ3) is 3.81. The molecule has 0 bridgehead atoms. The molecule has 27 heavy (non-hydrogen) atoms. The van der Waals surface area contributed by atoms with E-state index in [2.05, 4.69) is 15.3 Å². The van der Waals surface area contributed by atoms with Crippen molar-refractivity contribution in [1.29, 1.82) is 0 Å². The first kappa shape index (κ1) is 18.9. The average molecular weight is 412 g/mol. The molecule has 0 aliphatic heterocycles. The number of carboxylic acid groups (broad SMARTS) is 1. The quantitative estimate of drug-likeness (QED) is 0.615. The van der Waals surface area contributed by atoms with Crippen LogP contribution in [0.15, 0.2) is 34.9 Å². The van der Waals surface area contributed by atoms with E-state index in [1.165, 1.54) is 25.5 Å². The van der Waals surface area contributed by atoms with Crippen molar-refractivity contribution in [3.63, 3.8) is 0 Å². The van der Waals surface area contributed by atoms with Gasteiger partial charge >= 0.3 is 5.97 Å². The maximum atomic E-state index is 14.7. The van der Waals surface area contributed by atoms with Crippen molar-refractivity contribution in [3.8, 4) is 17.1 Å². The maximum Gasteiger partial charge on any atom is 0.356 e. The van der Waals surface area contributed by atoms with Crippen LogP contribution in [-0.2, 0) is 6.54 Å². The number of hydrogen-bond donors (Lipinski definition) is 2. The van der Waals surface area contributed by atoms with Crippen LogP contribution in [0.4, 0.5) is 10.2 Å². The summed E-state index contributed by atoms with van der Waals surface area (Å²) in [6.07, 6.45) is 1.49. The number of rotatable bonds is 6. The van der Waals surface area contributed by atoms with Crippen LogP contribution in [0.5, 0.6) is 5.75 Å². The lowest BCUT2D eigenvalue weighted by Crippen LogP contribution is -2.10. The molecular formula is C17H12Cl2FN3O4. The molecule has 0 amide bonds. The Morgan fingerprint density at radius 2 is 2.11 bits per heavy atom. The lowest BCUT2D eigenvalue weighted by atomic mass is 10.1. The summed E-state index contributed by atoms with van der Waals surface area (Å²) in [7, 11) is 1.26. The Labute approximate surface area is 162 Å². The van der Waals surface area contributed by atoms with E-state index in [1.807, 2.05) is 0 Å². The number of aromatic nitrogens is 2. The molecule has 0 radical (unpaired) electrons. The molecule has 0 atom stereocenters. The van der Waals surface area contributed by atoms with Crippen LogP contribution in [0.25, 0.3) is 11.4 Å². The number of methoxy groups -OCH3 is 1. The van der Waals surface area contributed by atoms with Crippen LogP contribution in [0.2, 0.25) is 10.0 Å². The lowest BCUT2D eigenvalue weighted by Gasteiger charge is -2.12. The molecule has 0 aliphatic carbocycles. The summed E-state index contributed by atoms with van der Waals surface area (Å²) in [6, 6.07) is 6.13. The summed E-state index contributed by atoms with van der Waals surface area (Å²) in [6.45, 7) is 0.189. The van der Waals surface area contributed by atoms with Gasteiger partial charge in [0.2, 0.25) is 0 Å². The van der Waals surface area contributed by atoms with E-state index in [1.54, 1.807) is 12.1 Å². The monoisotopic (exact) mass is 411 g/mol. The minimum absolute atomic E-state index is 0.0174. The van der Waals surface area contributed by atoms with Gasteiger partial charge in [-0.25, -0.2) is 19.2 Å². The number of benzene rings is 1. The molecule has 0 aliphatic rings. The molecule has 3 rings (SSSR count). The van der Waals surface area contributed by atoms with Gasteiger partial charge < -0.3 is 19.6 Å². The highest BCUT2D eigenvalue weighted by Crippen LogP contribution is 2.35. The predicted octanol–water partition coefficient (Wildman–Crippen LogP) is 4.50. The molecule has 1 aromatic carbocycles. The second kappa shape index (κ2) is 7.81. The third-order valence-electron chi connectivity index (χ3n) is 3.56. The van der Waals surface area contributed by atoms with Crippen molar-refractivity contribution in [2.75, 3.05) is 12.4 Å². The number of halogens is 3. The first-order chi connectivity index (χ1) is 12.9. The minimum atomic E-state index is -1.38. The molecule has 0 saturated carbocycles.